The van der Waals surface area contributed by atoms with Crippen LogP contribution in [0.1, 0.15) is 24.0 Å². The lowest BCUT2D eigenvalue weighted by molar-refractivity contribution is -0.384. The first-order valence-corrected chi connectivity index (χ1v) is 7.24. The SMILES string of the molecule is O=[N+]([O-])c1cccnc1NCC1(O)CCCc2ccccc21. The van der Waals surface area contributed by atoms with Crippen LogP contribution < -0.4 is 5.32 Å². The molecule has 114 valence electrons. The second-order valence-electron chi connectivity index (χ2n) is 5.52. The number of hydrogen-bond acceptors (Lipinski definition) is 5. The number of nitrogens with one attached hydrogen (secondary N) is 1. The lowest BCUT2D eigenvalue weighted by atomic mass is 9.79. The number of aryl methyl sites for hydroxylation is 1. The first-order chi connectivity index (χ1) is 10.6. The highest BCUT2D eigenvalue weighted by Gasteiger charge is 2.34. The molecule has 1 aromatic carbocycles. The molecule has 1 aliphatic rings. The summed E-state index contributed by atoms with van der Waals surface area (Å²) in [5.41, 5.74) is 0.913. The van der Waals surface area contributed by atoms with Crippen molar-refractivity contribution in [3.05, 3.63) is 63.8 Å². The molecule has 6 heteroatoms. The smallest absolute Gasteiger partial charge is 0.311 e. The molecule has 0 bridgehead atoms. The number of benzene rings is 1. The van der Waals surface area contributed by atoms with E-state index in [1.165, 1.54) is 18.3 Å². The van der Waals surface area contributed by atoms with Crippen molar-refractivity contribution in [1.29, 1.82) is 0 Å². The third-order valence-electron chi connectivity index (χ3n) is 4.09. The van der Waals surface area contributed by atoms with Gasteiger partial charge < -0.3 is 10.4 Å². The van der Waals surface area contributed by atoms with Crippen molar-refractivity contribution in [1.82, 2.24) is 4.98 Å². The Morgan fingerprint density at radius 2 is 2.14 bits per heavy atom. The van der Waals surface area contributed by atoms with Crippen LogP contribution in [0.25, 0.3) is 0 Å². The monoisotopic (exact) mass is 299 g/mol. The van der Waals surface area contributed by atoms with Gasteiger partial charge >= 0.3 is 5.69 Å². The summed E-state index contributed by atoms with van der Waals surface area (Å²) in [7, 11) is 0. The van der Waals surface area contributed by atoms with E-state index in [-0.39, 0.29) is 18.1 Å². The first kappa shape index (κ1) is 14.5. The topological polar surface area (TPSA) is 88.3 Å². The van der Waals surface area contributed by atoms with Crippen molar-refractivity contribution < 1.29 is 10.0 Å². The van der Waals surface area contributed by atoms with Crippen molar-refractivity contribution in [3.63, 3.8) is 0 Å². The molecule has 0 fully saturated rings. The minimum absolute atomic E-state index is 0.0878. The average molecular weight is 299 g/mol. The summed E-state index contributed by atoms with van der Waals surface area (Å²) >= 11 is 0. The molecule has 2 aromatic rings. The lowest BCUT2D eigenvalue weighted by Crippen LogP contribution is -2.37. The van der Waals surface area contributed by atoms with Crippen LogP contribution in [0, 0.1) is 10.1 Å². The van der Waals surface area contributed by atoms with Crippen LogP contribution in [0.3, 0.4) is 0 Å². The molecule has 1 aliphatic carbocycles. The minimum Gasteiger partial charge on any atom is -0.383 e. The van der Waals surface area contributed by atoms with E-state index in [9.17, 15) is 15.2 Å². The molecule has 1 aromatic heterocycles. The van der Waals surface area contributed by atoms with Gasteiger partial charge in [-0.1, -0.05) is 24.3 Å². The van der Waals surface area contributed by atoms with Crippen LogP contribution in [0.5, 0.6) is 0 Å². The van der Waals surface area contributed by atoms with Gasteiger partial charge in [0, 0.05) is 18.8 Å². The summed E-state index contributed by atoms with van der Waals surface area (Å²) in [6.45, 7) is 0.196. The molecule has 0 spiro atoms. The maximum absolute atomic E-state index is 11.0. The Morgan fingerprint density at radius 3 is 2.95 bits per heavy atom. The summed E-state index contributed by atoms with van der Waals surface area (Å²) in [4.78, 5) is 14.5. The molecule has 0 radical (unpaired) electrons. The Morgan fingerprint density at radius 1 is 1.32 bits per heavy atom. The highest BCUT2D eigenvalue weighted by atomic mass is 16.6. The number of nitrogens with zero attached hydrogens (tertiary/aromatic N) is 2. The molecule has 1 heterocycles. The highest BCUT2D eigenvalue weighted by molar-refractivity contribution is 5.55. The van der Waals surface area contributed by atoms with E-state index in [2.05, 4.69) is 10.3 Å². The van der Waals surface area contributed by atoms with Crippen LogP contribution in [-0.4, -0.2) is 21.6 Å². The molecule has 0 saturated carbocycles. The van der Waals surface area contributed by atoms with Gasteiger partial charge in [0.2, 0.25) is 5.82 Å². The van der Waals surface area contributed by atoms with Crippen molar-refractivity contribution in [2.45, 2.75) is 24.9 Å². The van der Waals surface area contributed by atoms with E-state index in [0.29, 0.717) is 6.42 Å². The van der Waals surface area contributed by atoms with E-state index >= 15 is 0 Å². The van der Waals surface area contributed by atoms with Gasteiger partial charge in [-0.15, -0.1) is 0 Å². The number of pyridine rings is 1. The Balaban J connectivity index is 1.84. The predicted octanol–water partition coefficient (Wildman–Crippen LogP) is 2.63. The second-order valence-corrected chi connectivity index (χ2v) is 5.52. The molecule has 0 saturated heterocycles. The number of nitro groups is 1. The minimum atomic E-state index is -1.03. The molecule has 0 aliphatic heterocycles. The Bertz CT molecular complexity index is 705. The maximum Gasteiger partial charge on any atom is 0.311 e. The molecule has 6 nitrogen and oxygen atoms in total. The number of anilines is 1. The number of fused-ring (bicyclic) bond motifs is 1. The van der Waals surface area contributed by atoms with Crippen molar-refractivity contribution in [2.24, 2.45) is 0 Å². The van der Waals surface area contributed by atoms with Crippen molar-refractivity contribution in [3.8, 4) is 0 Å². The molecule has 1 unspecified atom stereocenters. The van der Waals surface area contributed by atoms with Crippen LogP contribution in [0.4, 0.5) is 11.5 Å². The molecule has 22 heavy (non-hydrogen) atoms. The van der Waals surface area contributed by atoms with Gasteiger partial charge in [0.1, 0.15) is 5.60 Å². The number of aromatic nitrogens is 1. The molecular weight excluding hydrogens is 282 g/mol. The summed E-state index contributed by atoms with van der Waals surface area (Å²) in [6.07, 6.45) is 3.95. The fourth-order valence-electron chi connectivity index (χ4n) is 2.99. The van der Waals surface area contributed by atoms with E-state index in [1.54, 1.807) is 0 Å². The van der Waals surface area contributed by atoms with Gasteiger partial charge in [-0.2, -0.15) is 0 Å². The fraction of sp³-hybridized carbons (Fsp3) is 0.312. The Hall–Kier alpha value is -2.47. The average Bonchev–Trinajstić information content (AvgIpc) is 2.54. The summed E-state index contributed by atoms with van der Waals surface area (Å²) in [5.74, 6) is 0.184. The zero-order chi connectivity index (χ0) is 15.6. The maximum atomic E-state index is 11.0. The largest absolute Gasteiger partial charge is 0.383 e. The first-order valence-electron chi connectivity index (χ1n) is 7.24. The van der Waals surface area contributed by atoms with E-state index in [4.69, 9.17) is 0 Å². The van der Waals surface area contributed by atoms with Gasteiger partial charge in [0.05, 0.1) is 4.92 Å². The lowest BCUT2D eigenvalue weighted by Gasteiger charge is -2.34. The summed E-state index contributed by atoms with van der Waals surface area (Å²) in [6, 6.07) is 10.7. The van der Waals surface area contributed by atoms with Crippen LogP contribution in [0.15, 0.2) is 42.6 Å². The van der Waals surface area contributed by atoms with Gasteiger partial charge in [0.15, 0.2) is 0 Å². The normalized spacial score (nSPS) is 20.2. The number of rotatable bonds is 4. The Kier molecular flexibility index (Phi) is 3.77. The van der Waals surface area contributed by atoms with Crippen molar-refractivity contribution in [2.75, 3.05) is 11.9 Å². The van der Waals surface area contributed by atoms with Gasteiger partial charge in [0.25, 0.3) is 0 Å². The third kappa shape index (κ3) is 2.65. The van der Waals surface area contributed by atoms with E-state index in [1.807, 2.05) is 24.3 Å². The quantitative estimate of drug-likeness (QED) is 0.669. The summed E-state index contributed by atoms with van der Waals surface area (Å²) in [5, 5.41) is 24.9. The predicted molar refractivity (Wildman–Crippen MR) is 82.7 cm³/mol. The zero-order valence-corrected chi connectivity index (χ0v) is 12.0. The molecule has 0 amide bonds. The van der Waals surface area contributed by atoms with E-state index < -0.39 is 10.5 Å². The number of aliphatic hydroxyl groups is 1. The van der Waals surface area contributed by atoms with Crippen LogP contribution in [-0.2, 0) is 12.0 Å². The standard InChI is InChI=1S/C16H17N3O3/c20-16(9-3-6-12-5-1-2-7-13(12)16)11-18-15-14(19(21)22)8-4-10-17-15/h1-2,4-5,7-8,10,20H,3,6,9,11H2,(H,17,18). The number of hydrogen-bond donors (Lipinski definition) is 2. The van der Waals surface area contributed by atoms with Crippen LogP contribution >= 0.6 is 0 Å². The van der Waals surface area contributed by atoms with Gasteiger partial charge in [-0.05, 0) is 36.5 Å². The second kappa shape index (κ2) is 5.73. The Labute approximate surface area is 128 Å². The third-order valence-corrected chi connectivity index (χ3v) is 4.09. The molecule has 2 N–H and O–H groups in total. The van der Waals surface area contributed by atoms with E-state index in [0.717, 1.165) is 24.0 Å². The van der Waals surface area contributed by atoms with Crippen molar-refractivity contribution >= 4 is 11.5 Å². The fourth-order valence-corrected chi connectivity index (χ4v) is 2.99. The highest BCUT2D eigenvalue weighted by Crippen LogP contribution is 2.35. The summed E-state index contributed by atoms with van der Waals surface area (Å²) < 4.78 is 0. The van der Waals surface area contributed by atoms with Gasteiger partial charge in [-0.3, -0.25) is 10.1 Å². The van der Waals surface area contributed by atoms with Crippen LogP contribution in [0.2, 0.25) is 0 Å². The zero-order valence-electron chi connectivity index (χ0n) is 12.0. The van der Waals surface area contributed by atoms with Gasteiger partial charge in [-0.25, -0.2) is 4.98 Å². The molecule has 3 rings (SSSR count). The molecule has 1 atom stereocenters. The molecular formula is C16H17N3O3.